The fourth-order valence-electron chi connectivity index (χ4n) is 3.05. The Morgan fingerprint density at radius 3 is 2.80 bits per heavy atom. The first-order chi connectivity index (χ1) is 9.85. The van der Waals surface area contributed by atoms with E-state index in [9.17, 15) is 0 Å². The Bertz CT molecular complexity index is 483. The molecule has 106 valence electrons. The van der Waals surface area contributed by atoms with Gasteiger partial charge in [0.1, 0.15) is 11.8 Å². The smallest absolute Gasteiger partial charge is 0.140 e. The van der Waals surface area contributed by atoms with Gasteiger partial charge in [0.15, 0.2) is 0 Å². The molecule has 0 atom stereocenters. The number of pyridine rings is 1. The Labute approximate surface area is 120 Å². The molecule has 2 aliphatic rings. The van der Waals surface area contributed by atoms with Crippen molar-refractivity contribution >= 4 is 0 Å². The summed E-state index contributed by atoms with van der Waals surface area (Å²) in [5, 5.41) is 12.4. The first-order valence-electron chi connectivity index (χ1n) is 7.65. The summed E-state index contributed by atoms with van der Waals surface area (Å²) in [5.41, 5.74) is 1.75. The molecule has 1 aliphatic carbocycles. The second kappa shape index (κ2) is 6.34. The van der Waals surface area contributed by atoms with E-state index >= 15 is 0 Å². The molecule has 0 bridgehead atoms. The lowest BCUT2D eigenvalue weighted by molar-refractivity contribution is 0.190. The van der Waals surface area contributed by atoms with Gasteiger partial charge in [-0.3, -0.25) is 4.90 Å². The summed E-state index contributed by atoms with van der Waals surface area (Å²) in [6, 6.07) is 6.86. The van der Waals surface area contributed by atoms with Gasteiger partial charge in [0.25, 0.3) is 0 Å². The van der Waals surface area contributed by atoms with Crippen LogP contribution in [-0.4, -0.2) is 35.6 Å². The van der Waals surface area contributed by atoms with Crippen LogP contribution in [0.25, 0.3) is 0 Å². The highest BCUT2D eigenvalue weighted by Gasteiger charge is 2.30. The maximum absolute atomic E-state index is 8.95. The van der Waals surface area contributed by atoms with Gasteiger partial charge in [-0.2, -0.15) is 5.26 Å². The Balaban J connectivity index is 1.63. The van der Waals surface area contributed by atoms with E-state index in [0.29, 0.717) is 5.69 Å². The number of hydrogen-bond acceptors (Lipinski definition) is 4. The molecule has 2 heterocycles. The predicted molar refractivity (Wildman–Crippen MR) is 78.0 cm³/mol. The molecule has 0 spiro atoms. The van der Waals surface area contributed by atoms with Gasteiger partial charge in [-0.15, -0.1) is 0 Å². The third kappa shape index (κ3) is 3.56. The van der Waals surface area contributed by atoms with Crippen molar-refractivity contribution in [2.24, 2.45) is 5.92 Å². The van der Waals surface area contributed by atoms with Crippen LogP contribution in [0.5, 0.6) is 0 Å². The van der Waals surface area contributed by atoms with Gasteiger partial charge in [0, 0.05) is 25.3 Å². The highest BCUT2D eigenvalue weighted by atomic mass is 15.2. The Kier molecular flexibility index (Phi) is 4.29. The summed E-state index contributed by atoms with van der Waals surface area (Å²) in [6.45, 7) is 4.50. The molecular formula is C16H22N4. The first-order valence-corrected chi connectivity index (χ1v) is 7.65. The van der Waals surface area contributed by atoms with Crippen LogP contribution in [0.15, 0.2) is 18.3 Å². The number of piperidine rings is 1. The lowest BCUT2D eigenvalue weighted by Gasteiger charge is -2.30. The van der Waals surface area contributed by atoms with E-state index in [2.05, 4.69) is 21.3 Å². The predicted octanol–water partition coefficient (Wildman–Crippen LogP) is 1.92. The van der Waals surface area contributed by atoms with Gasteiger partial charge in [-0.1, -0.05) is 0 Å². The molecule has 1 aromatic rings. The van der Waals surface area contributed by atoms with Crippen LogP contribution in [0, 0.1) is 17.2 Å². The number of nitrogens with one attached hydrogen (secondary N) is 1. The van der Waals surface area contributed by atoms with Crippen molar-refractivity contribution in [3.05, 3.63) is 29.6 Å². The van der Waals surface area contributed by atoms with Crippen molar-refractivity contribution in [3.63, 3.8) is 0 Å². The number of nitriles is 1. The maximum atomic E-state index is 8.95. The number of aromatic nitrogens is 1. The number of hydrogen-bond donors (Lipinski definition) is 1. The standard InChI is InChI=1S/C16H22N4/c17-10-15-9-14(5-8-19-15)12-20(16-1-2-16)11-13-3-6-18-7-4-13/h5,8-9,13,16,18H,1-4,6-7,11-12H2. The molecule has 0 amide bonds. The minimum Gasteiger partial charge on any atom is -0.317 e. The summed E-state index contributed by atoms with van der Waals surface area (Å²) in [4.78, 5) is 6.67. The first kappa shape index (κ1) is 13.5. The van der Waals surface area contributed by atoms with E-state index in [1.807, 2.05) is 12.1 Å². The lowest BCUT2D eigenvalue weighted by Crippen LogP contribution is -2.37. The van der Waals surface area contributed by atoms with E-state index in [1.165, 1.54) is 37.8 Å². The van der Waals surface area contributed by atoms with Crippen molar-refractivity contribution in [2.75, 3.05) is 19.6 Å². The minimum atomic E-state index is 0.528. The summed E-state index contributed by atoms with van der Waals surface area (Å²) < 4.78 is 0. The molecule has 2 fully saturated rings. The highest BCUT2D eigenvalue weighted by Crippen LogP contribution is 2.30. The molecule has 20 heavy (non-hydrogen) atoms. The second-order valence-corrected chi connectivity index (χ2v) is 6.02. The van der Waals surface area contributed by atoms with Gasteiger partial charge in [0.05, 0.1) is 0 Å². The quantitative estimate of drug-likeness (QED) is 0.888. The summed E-state index contributed by atoms with van der Waals surface area (Å²) in [7, 11) is 0. The van der Waals surface area contributed by atoms with Gasteiger partial charge >= 0.3 is 0 Å². The zero-order chi connectivity index (χ0) is 13.8. The molecule has 0 unspecified atom stereocenters. The summed E-state index contributed by atoms with van der Waals surface area (Å²) in [5.74, 6) is 0.828. The van der Waals surface area contributed by atoms with Crippen molar-refractivity contribution < 1.29 is 0 Å². The van der Waals surface area contributed by atoms with Crippen molar-refractivity contribution in [2.45, 2.75) is 38.3 Å². The van der Waals surface area contributed by atoms with Gasteiger partial charge in [-0.05, 0) is 62.4 Å². The highest BCUT2D eigenvalue weighted by molar-refractivity contribution is 5.25. The molecule has 0 aromatic carbocycles. The molecule has 3 rings (SSSR count). The topological polar surface area (TPSA) is 52.0 Å². The van der Waals surface area contributed by atoms with Gasteiger partial charge < -0.3 is 5.32 Å². The molecule has 0 radical (unpaired) electrons. The van der Waals surface area contributed by atoms with Gasteiger partial charge in [0.2, 0.25) is 0 Å². The zero-order valence-corrected chi connectivity index (χ0v) is 11.9. The molecule has 1 aliphatic heterocycles. The van der Waals surface area contributed by atoms with E-state index in [-0.39, 0.29) is 0 Å². The number of nitrogens with zero attached hydrogens (tertiary/aromatic N) is 3. The third-order valence-corrected chi connectivity index (χ3v) is 4.34. The van der Waals surface area contributed by atoms with Crippen LogP contribution in [0.4, 0.5) is 0 Å². The van der Waals surface area contributed by atoms with Crippen LogP contribution in [-0.2, 0) is 6.54 Å². The maximum Gasteiger partial charge on any atom is 0.140 e. The number of rotatable bonds is 5. The van der Waals surface area contributed by atoms with Crippen LogP contribution in [0.2, 0.25) is 0 Å². The minimum absolute atomic E-state index is 0.528. The molecule has 4 heteroatoms. The third-order valence-electron chi connectivity index (χ3n) is 4.34. The van der Waals surface area contributed by atoms with Crippen molar-refractivity contribution in [3.8, 4) is 6.07 Å². The molecule has 4 nitrogen and oxygen atoms in total. The van der Waals surface area contributed by atoms with Crippen LogP contribution >= 0.6 is 0 Å². The normalized spacial score (nSPS) is 20.0. The van der Waals surface area contributed by atoms with Crippen molar-refractivity contribution in [1.82, 2.24) is 15.2 Å². The Morgan fingerprint density at radius 1 is 1.30 bits per heavy atom. The Morgan fingerprint density at radius 2 is 2.10 bits per heavy atom. The summed E-state index contributed by atoms with van der Waals surface area (Å²) >= 11 is 0. The lowest BCUT2D eigenvalue weighted by atomic mass is 9.97. The van der Waals surface area contributed by atoms with E-state index in [4.69, 9.17) is 5.26 Å². The second-order valence-electron chi connectivity index (χ2n) is 6.02. The van der Waals surface area contributed by atoms with Crippen LogP contribution in [0.1, 0.15) is 36.9 Å². The zero-order valence-electron chi connectivity index (χ0n) is 11.9. The molecule has 1 saturated carbocycles. The molecule has 1 saturated heterocycles. The molecule has 1 N–H and O–H groups in total. The van der Waals surface area contributed by atoms with E-state index in [0.717, 1.165) is 31.6 Å². The average Bonchev–Trinajstić information content (AvgIpc) is 3.33. The fourth-order valence-corrected chi connectivity index (χ4v) is 3.05. The average molecular weight is 270 g/mol. The van der Waals surface area contributed by atoms with Crippen molar-refractivity contribution in [1.29, 1.82) is 5.26 Å². The van der Waals surface area contributed by atoms with Crippen LogP contribution in [0.3, 0.4) is 0 Å². The SMILES string of the molecule is N#Cc1cc(CN(CC2CCNCC2)C2CC2)ccn1. The molecular weight excluding hydrogens is 248 g/mol. The summed E-state index contributed by atoms with van der Waals surface area (Å²) in [6.07, 6.45) is 7.01. The van der Waals surface area contributed by atoms with E-state index < -0.39 is 0 Å². The monoisotopic (exact) mass is 270 g/mol. The Hall–Kier alpha value is -1.44. The van der Waals surface area contributed by atoms with Gasteiger partial charge in [-0.25, -0.2) is 4.98 Å². The van der Waals surface area contributed by atoms with E-state index in [1.54, 1.807) is 6.20 Å². The molecule has 1 aromatic heterocycles. The largest absolute Gasteiger partial charge is 0.317 e. The van der Waals surface area contributed by atoms with Crippen LogP contribution < -0.4 is 5.32 Å². The fraction of sp³-hybridized carbons (Fsp3) is 0.625.